The molecule has 1 aliphatic heterocycles. The minimum absolute atomic E-state index is 0.499. The summed E-state index contributed by atoms with van der Waals surface area (Å²) in [6, 6.07) is 20.0. The van der Waals surface area contributed by atoms with E-state index in [1.807, 2.05) is 24.3 Å². The lowest BCUT2D eigenvalue weighted by atomic mass is 10.0. The number of nitriles is 1. The molecule has 3 aromatic carbocycles. The number of benzene rings is 3. The van der Waals surface area contributed by atoms with Crippen LogP contribution in [0, 0.1) is 11.5 Å². The first kappa shape index (κ1) is 13.5. The van der Waals surface area contributed by atoms with Gasteiger partial charge in [-0.15, -0.1) is 5.26 Å². The van der Waals surface area contributed by atoms with Gasteiger partial charge >= 0.3 is 0 Å². The zero-order chi connectivity index (χ0) is 15.6. The molecule has 0 aromatic heterocycles. The third kappa shape index (κ3) is 2.43. The van der Waals surface area contributed by atoms with Crippen molar-refractivity contribution >= 4 is 16.5 Å². The molecular weight excluding hydrogens is 288 g/mol. The predicted molar refractivity (Wildman–Crippen MR) is 88.3 cm³/mol. The van der Waals surface area contributed by atoms with Crippen molar-refractivity contribution in [3.05, 3.63) is 66.2 Å². The summed E-state index contributed by atoms with van der Waals surface area (Å²) in [5.41, 5.74) is 2.21. The Morgan fingerprint density at radius 1 is 1.00 bits per heavy atom. The molecule has 4 nitrogen and oxygen atoms in total. The van der Waals surface area contributed by atoms with E-state index in [0.717, 1.165) is 23.4 Å². The minimum atomic E-state index is 0.499. The van der Waals surface area contributed by atoms with Crippen molar-refractivity contribution in [1.82, 2.24) is 0 Å². The van der Waals surface area contributed by atoms with Crippen LogP contribution in [0.3, 0.4) is 0 Å². The van der Waals surface area contributed by atoms with E-state index in [1.165, 1.54) is 10.9 Å². The van der Waals surface area contributed by atoms with Crippen molar-refractivity contribution in [3.63, 3.8) is 0 Å². The smallest absolute Gasteiger partial charge is 0.292 e. The van der Waals surface area contributed by atoms with E-state index < -0.39 is 0 Å². The molecular formula is C19H14N2O2. The fraction of sp³-hybridized carbons (Fsp3) is 0.105. The molecule has 0 unspecified atom stereocenters. The quantitative estimate of drug-likeness (QED) is 0.670. The number of rotatable bonds is 2. The summed E-state index contributed by atoms with van der Waals surface area (Å²) in [5.74, 6) is 1.52. The molecule has 0 spiro atoms. The average molecular weight is 302 g/mol. The molecule has 4 rings (SSSR count). The van der Waals surface area contributed by atoms with E-state index in [9.17, 15) is 0 Å². The van der Waals surface area contributed by atoms with Gasteiger partial charge in [0.05, 0.1) is 0 Å². The first-order valence-electron chi connectivity index (χ1n) is 7.39. The van der Waals surface area contributed by atoms with E-state index in [0.29, 0.717) is 12.5 Å². The second-order valence-electron chi connectivity index (χ2n) is 5.43. The molecule has 4 heteroatoms. The molecule has 3 aromatic rings. The van der Waals surface area contributed by atoms with Gasteiger partial charge in [-0.25, -0.2) is 0 Å². The summed E-state index contributed by atoms with van der Waals surface area (Å²) in [4.78, 5) is 2.15. The molecule has 0 N–H and O–H groups in total. The molecule has 0 saturated carbocycles. The highest BCUT2D eigenvalue weighted by Gasteiger charge is 2.19. The van der Waals surface area contributed by atoms with Gasteiger partial charge in [-0.1, -0.05) is 36.4 Å². The van der Waals surface area contributed by atoms with Gasteiger partial charge in [0.25, 0.3) is 6.26 Å². The third-order valence-electron chi connectivity index (χ3n) is 4.05. The van der Waals surface area contributed by atoms with Crippen molar-refractivity contribution in [2.24, 2.45) is 0 Å². The normalized spacial score (nSPS) is 13.1. The standard InChI is InChI=1S/C19H14N2O2/c20-12-22-17-9-7-16(8-10-17)21-11-15-6-5-14-3-1-2-4-18(14)19(15)23-13-21/h1-10H,11,13H2. The Bertz CT molecular complexity index is 897. The zero-order valence-electron chi connectivity index (χ0n) is 12.4. The van der Waals surface area contributed by atoms with Crippen LogP contribution in [0.1, 0.15) is 5.56 Å². The Balaban J connectivity index is 1.64. The average Bonchev–Trinajstić information content (AvgIpc) is 2.62. The molecule has 23 heavy (non-hydrogen) atoms. The Labute approximate surface area is 134 Å². The second-order valence-corrected chi connectivity index (χ2v) is 5.43. The van der Waals surface area contributed by atoms with Crippen LogP contribution in [0.4, 0.5) is 5.69 Å². The van der Waals surface area contributed by atoms with Crippen LogP contribution >= 0.6 is 0 Å². The fourth-order valence-electron chi connectivity index (χ4n) is 2.92. The van der Waals surface area contributed by atoms with Crippen LogP contribution in [-0.2, 0) is 6.54 Å². The van der Waals surface area contributed by atoms with Gasteiger partial charge in [0.2, 0.25) is 0 Å². The molecule has 0 saturated heterocycles. The lowest BCUT2D eigenvalue weighted by Gasteiger charge is -2.31. The summed E-state index contributed by atoms with van der Waals surface area (Å²) >= 11 is 0. The Morgan fingerprint density at radius 3 is 2.65 bits per heavy atom. The summed E-state index contributed by atoms with van der Waals surface area (Å²) < 4.78 is 10.8. The summed E-state index contributed by atoms with van der Waals surface area (Å²) in [5, 5.41) is 10.9. The maximum Gasteiger partial charge on any atom is 0.292 e. The fourth-order valence-corrected chi connectivity index (χ4v) is 2.92. The number of fused-ring (bicyclic) bond motifs is 3. The number of anilines is 1. The van der Waals surface area contributed by atoms with E-state index in [1.54, 1.807) is 18.4 Å². The minimum Gasteiger partial charge on any atom is -0.472 e. The van der Waals surface area contributed by atoms with Crippen molar-refractivity contribution in [2.45, 2.75) is 6.54 Å². The van der Waals surface area contributed by atoms with Gasteiger partial charge in [-0.3, -0.25) is 0 Å². The Hall–Kier alpha value is -3.19. The Kier molecular flexibility index (Phi) is 3.25. The van der Waals surface area contributed by atoms with E-state index >= 15 is 0 Å². The van der Waals surface area contributed by atoms with Crippen LogP contribution in [-0.4, -0.2) is 6.73 Å². The van der Waals surface area contributed by atoms with Crippen molar-refractivity contribution in [1.29, 1.82) is 5.26 Å². The highest BCUT2D eigenvalue weighted by atomic mass is 16.5. The van der Waals surface area contributed by atoms with Gasteiger partial charge in [0.1, 0.15) is 11.5 Å². The summed E-state index contributed by atoms with van der Waals surface area (Å²) in [7, 11) is 0. The molecule has 0 aliphatic carbocycles. The van der Waals surface area contributed by atoms with E-state index in [4.69, 9.17) is 14.7 Å². The van der Waals surface area contributed by atoms with Gasteiger partial charge in [-0.2, -0.15) is 0 Å². The topological polar surface area (TPSA) is 45.5 Å². The molecule has 0 bridgehead atoms. The monoisotopic (exact) mass is 302 g/mol. The van der Waals surface area contributed by atoms with Crippen LogP contribution < -0.4 is 14.4 Å². The number of hydrogen-bond acceptors (Lipinski definition) is 4. The van der Waals surface area contributed by atoms with Crippen LogP contribution in [0.2, 0.25) is 0 Å². The number of nitrogens with zero attached hydrogens (tertiary/aromatic N) is 2. The predicted octanol–water partition coefficient (Wildman–Crippen LogP) is 4.06. The largest absolute Gasteiger partial charge is 0.472 e. The summed E-state index contributed by atoms with van der Waals surface area (Å²) in [6.45, 7) is 1.29. The SMILES string of the molecule is N#COc1ccc(N2COc3c(ccc4ccccc34)C2)cc1. The number of hydrogen-bond donors (Lipinski definition) is 0. The zero-order valence-corrected chi connectivity index (χ0v) is 12.4. The van der Waals surface area contributed by atoms with E-state index in [2.05, 4.69) is 29.2 Å². The highest BCUT2D eigenvalue weighted by molar-refractivity contribution is 5.90. The van der Waals surface area contributed by atoms with Crippen molar-refractivity contribution in [3.8, 4) is 17.8 Å². The lowest BCUT2D eigenvalue weighted by Crippen LogP contribution is -2.31. The van der Waals surface area contributed by atoms with Gasteiger partial charge in [0, 0.05) is 23.2 Å². The highest BCUT2D eigenvalue weighted by Crippen LogP contribution is 2.35. The molecule has 0 amide bonds. The van der Waals surface area contributed by atoms with Gasteiger partial charge in [-0.05, 0) is 29.7 Å². The van der Waals surface area contributed by atoms with Crippen molar-refractivity contribution in [2.75, 3.05) is 11.6 Å². The maximum atomic E-state index is 8.53. The molecule has 1 aliphatic rings. The van der Waals surface area contributed by atoms with Crippen LogP contribution in [0.15, 0.2) is 60.7 Å². The second kappa shape index (κ2) is 5.54. The van der Waals surface area contributed by atoms with Gasteiger partial charge in [0.15, 0.2) is 6.73 Å². The Morgan fingerprint density at radius 2 is 1.83 bits per heavy atom. The summed E-state index contributed by atoms with van der Waals surface area (Å²) in [6.07, 6.45) is 1.67. The molecule has 1 heterocycles. The molecule has 0 atom stereocenters. The molecule has 112 valence electrons. The maximum absolute atomic E-state index is 8.53. The third-order valence-corrected chi connectivity index (χ3v) is 4.05. The van der Waals surface area contributed by atoms with Crippen molar-refractivity contribution < 1.29 is 9.47 Å². The number of ether oxygens (including phenoxy) is 2. The molecule has 0 fully saturated rings. The van der Waals surface area contributed by atoms with Gasteiger partial charge < -0.3 is 14.4 Å². The lowest BCUT2D eigenvalue weighted by molar-refractivity contribution is 0.293. The van der Waals surface area contributed by atoms with Crippen LogP contribution in [0.5, 0.6) is 11.5 Å². The molecule has 0 radical (unpaired) electrons. The van der Waals surface area contributed by atoms with Crippen LogP contribution in [0.25, 0.3) is 10.8 Å². The first-order chi connectivity index (χ1) is 11.3. The first-order valence-corrected chi connectivity index (χ1v) is 7.39. The van der Waals surface area contributed by atoms with E-state index in [-0.39, 0.29) is 0 Å².